The van der Waals surface area contributed by atoms with E-state index in [0.717, 1.165) is 6.54 Å². The molecule has 2 N–H and O–H groups in total. The van der Waals surface area contributed by atoms with E-state index in [2.05, 4.69) is 25.6 Å². The number of carbonyl (C=O) groups excluding carboxylic acids is 2. The molecular formula is C12H18N4O4S. The summed E-state index contributed by atoms with van der Waals surface area (Å²) in [5, 5.41) is 14.9. The van der Waals surface area contributed by atoms with Gasteiger partial charge in [0.25, 0.3) is 0 Å². The van der Waals surface area contributed by atoms with Crippen molar-refractivity contribution in [3.8, 4) is 0 Å². The molecule has 1 amide bonds. The van der Waals surface area contributed by atoms with Crippen molar-refractivity contribution in [3.05, 3.63) is 5.01 Å². The molecule has 0 aliphatic carbocycles. The van der Waals surface area contributed by atoms with Gasteiger partial charge >= 0.3 is 5.97 Å². The second-order valence-corrected chi connectivity index (χ2v) is 5.62. The molecule has 1 atom stereocenters. The minimum Gasteiger partial charge on any atom is -0.469 e. The van der Waals surface area contributed by atoms with Crippen molar-refractivity contribution >= 4 is 28.3 Å². The van der Waals surface area contributed by atoms with E-state index in [0.29, 0.717) is 36.2 Å². The Morgan fingerprint density at radius 2 is 2.38 bits per heavy atom. The molecule has 1 aromatic heterocycles. The Morgan fingerprint density at radius 1 is 1.52 bits per heavy atom. The van der Waals surface area contributed by atoms with Crippen molar-refractivity contribution in [1.29, 1.82) is 0 Å². The Bertz CT molecular complexity index is 487. The highest BCUT2D eigenvalue weighted by Crippen LogP contribution is 2.17. The molecule has 2 rings (SSSR count). The van der Waals surface area contributed by atoms with E-state index in [1.54, 1.807) is 0 Å². The SMILES string of the molecule is COC(=O)CCc1nnc(NC(=O)CC2COCCN2)s1. The van der Waals surface area contributed by atoms with Crippen molar-refractivity contribution in [1.82, 2.24) is 15.5 Å². The lowest BCUT2D eigenvalue weighted by Crippen LogP contribution is -2.43. The first kappa shape index (κ1) is 15.8. The van der Waals surface area contributed by atoms with Gasteiger partial charge in [-0.05, 0) is 0 Å². The zero-order valence-electron chi connectivity index (χ0n) is 11.8. The Labute approximate surface area is 126 Å². The Hall–Kier alpha value is -1.58. The van der Waals surface area contributed by atoms with E-state index in [9.17, 15) is 9.59 Å². The number of esters is 1. The lowest BCUT2D eigenvalue weighted by atomic mass is 10.2. The van der Waals surface area contributed by atoms with Gasteiger partial charge in [-0.1, -0.05) is 11.3 Å². The van der Waals surface area contributed by atoms with E-state index in [-0.39, 0.29) is 24.3 Å². The Morgan fingerprint density at radius 3 is 3.10 bits per heavy atom. The normalized spacial score (nSPS) is 18.2. The van der Waals surface area contributed by atoms with Crippen molar-refractivity contribution in [2.45, 2.75) is 25.3 Å². The predicted molar refractivity (Wildman–Crippen MR) is 76.1 cm³/mol. The molecular weight excluding hydrogens is 296 g/mol. The zero-order chi connectivity index (χ0) is 15.1. The lowest BCUT2D eigenvalue weighted by molar-refractivity contribution is -0.140. The van der Waals surface area contributed by atoms with Crippen LogP contribution in [-0.2, 0) is 25.5 Å². The molecule has 1 aliphatic rings. The number of methoxy groups -OCH3 is 1. The van der Waals surface area contributed by atoms with Crippen LogP contribution in [-0.4, -0.2) is 55.0 Å². The first-order valence-electron chi connectivity index (χ1n) is 6.67. The molecule has 8 nitrogen and oxygen atoms in total. The van der Waals surface area contributed by atoms with E-state index in [1.165, 1.54) is 18.4 Å². The highest BCUT2D eigenvalue weighted by molar-refractivity contribution is 7.15. The molecule has 0 saturated carbocycles. The van der Waals surface area contributed by atoms with Crippen LogP contribution in [0.1, 0.15) is 17.8 Å². The van der Waals surface area contributed by atoms with Gasteiger partial charge in [0.2, 0.25) is 11.0 Å². The monoisotopic (exact) mass is 314 g/mol. The number of nitrogens with one attached hydrogen (secondary N) is 2. The van der Waals surface area contributed by atoms with Crippen molar-refractivity contribution in [3.63, 3.8) is 0 Å². The first-order valence-corrected chi connectivity index (χ1v) is 7.49. The summed E-state index contributed by atoms with van der Waals surface area (Å²) < 4.78 is 9.85. The molecule has 1 unspecified atom stereocenters. The minimum atomic E-state index is -0.292. The number of hydrogen-bond donors (Lipinski definition) is 2. The van der Waals surface area contributed by atoms with Crippen LogP contribution in [0.5, 0.6) is 0 Å². The van der Waals surface area contributed by atoms with Gasteiger partial charge < -0.3 is 20.1 Å². The molecule has 2 heterocycles. The maximum atomic E-state index is 11.9. The fourth-order valence-electron chi connectivity index (χ4n) is 1.86. The number of ether oxygens (including phenoxy) is 2. The van der Waals surface area contributed by atoms with Gasteiger partial charge in [-0.25, -0.2) is 0 Å². The fourth-order valence-corrected chi connectivity index (χ4v) is 2.62. The summed E-state index contributed by atoms with van der Waals surface area (Å²) in [4.78, 5) is 22.9. The topological polar surface area (TPSA) is 102 Å². The van der Waals surface area contributed by atoms with E-state index in [4.69, 9.17) is 4.74 Å². The largest absolute Gasteiger partial charge is 0.469 e. The number of amides is 1. The van der Waals surface area contributed by atoms with E-state index in [1.807, 2.05) is 0 Å². The molecule has 1 saturated heterocycles. The van der Waals surface area contributed by atoms with Crippen LogP contribution in [0.2, 0.25) is 0 Å². The summed E-state index contributed by atoms with van der Waals surface area (Å²) in [5.74, 6) is -0.423. The lowest BCUT2D eigenvalue weighted by Gasteiger charge is -2.22. The molecule has 0 aromatic carbocycles. The van der Waals surface area contributed by atoms with Crippen molar-refractivity contribution < 1.29 is 19.1 Å². The highest BCUT2D eigenvalue weighted by atomic mass is 32.1. The number of anilines is 1. The molecule has 0 radical (unpaired) electrons. The smallest absolute Gasteiger partial charge is 0.305 e. The standard InChI is InChI=1S/C12H18N4O4S/c1-19-11(18)3-2-10-15-16-12(21-10)14-9(17)6-8-7-20-5-4-13-8/h8,13H,2-7H2,1H3,(H,14,16,17). The number of morpholine rings is 1. The second-order valence-electron chi connectivity index (χ2n) is 4.56. The number of aromatic nitrogens is 2. The van der Waals surface area contributed by atoms with E-state index >= 15 is 0 Å². The molecule has 21 heavy (non-hydrogen) atoms. The zero-order valence-corrected chi connectivity index (χ0v) is 12.6. The quantitative estimate of drug-likeness (QED) is 0.710. The summed E-state index contributed by atoms with van der Waals surface area (Å²) in [6.07, 6.45) is 1.04. The molecule has 0 spiro atoms. The summed E-state index contributed by atoms with van der Waals surface area (Å²) in [7, 11) is 1.34. The van der Waals surface area contributed by atoms with Gasteiger partial charge in [-0.15, -0.1) is 10.2 Å². The van der Waals surface area contributed by atoms with Crippen LogP contribution in [0.3, 0.4) is 0 Å². The van der Waals surface area contributed by atoms with Gasteiger partial charge in [0, 0.05) is 25.4 Å². The number of carbonyl (C=O) groups is 2. The average Bonchev–Trinajstić information content (AvgIpc) is 2.93. The maximum Gasteiger partial charge on any atom is 0.305 e. The van der Waals surface area contributed by atoms with E-state index < -0.39 is 0 Å². The summed E-state index contributed by atoms with van der Waals surface area (Å²) >= 11 is 1.26. The molecule has 9 heteroatoms. The second kappa shape index (κ2) is 8.01. The van der Waals surface area contributed by atoms with Crippen LogP contribution in [0.4, 0.5) is 5.13 Å². The predicted octanol–water partition coefficient (Wildman–Crippen LogP) is -0.0393. The summed E-state index contributed by atoms with van der Waals surface area (Å²) in [5.41, 5.74) is 0. The van der Waals surface area contributed by atoms with Gasteiger partial charge in [0.1, 0.15) is 5.01 Å². The van der Waals surface area contributed by atoms with Crippen LogP contribution in [0.25, 0.3) is 0 Å². The molecule has 116 valence electrons. The Kier molecular flexibility index (Phi) is 6.03. The van der Waals surface area contributed by atoms with Crippen LogP contribution in [0, 0.1) is 0 Å². The molecule has 1 aliphatic heterocycles. The molecule has 0 bridgehead atoms. The van der Waals surface area contributed by atoms with Crippen molar-refractivity contribution in [2.24, 2.45) is 0 Å². The highest BCUT2D eigenvalue weighted by Gasteiger charge is 2.18. The van der Waals surface area contributed by atoms with Gasteiger partial charge in [-0.2, -0.15) is 0 Å². The fraction of sp³-hybridized carbons (Fsp3) is 0.667. The van der Waals surface area contributed by atoms with Crippen LogP contribution >= 0.6 is 11.3 Å². The maximum absolute atomic E-state index is 11.9. The number of rotatable bonds is 6. The Balaban J connectivity index is 1.75. The third kappa shape index (κ3) is 5.37. The minimum absolute atomic E-state index is 0.0328. The summed E-state index contributed by atoms with van der Waals surface area (Å²) in [6.45, 7) is 1.97. The van der Waals surface area contributed by atoms with Crippen LogP contribution < -0.4 is 10.6 Å². The number of nitrogens with zero attached hydrogens (tertiary/aromatic N) is 2. The summed E-state index contributed by atoms with van der Waals surface area (Å²) in [6, 6.07) is 0.0328. The average molecular weight is 314 g/mol. The third-order valence-electron chi connectivity index (χ3n) is 2.91. The van der Waals surface area contributed by atoms with Gasteiger partial charge in [-0.3, -0.25) is 9.59 Å². The third-order valence-corrected chi connectivity index (χ3v) is 3.81. The molecule has 1 aromatic rings. The van der Waals surface area contributed by atoms with Gasteiger partial charge in [0.15, 0.2) is 0 Å². The number of hydrogen-bond acceptors (Lipinski definition) is 8. The van der Waals surface area contributed by atoms with Crippen molar-refractivity contribution in [2.75, 3.05) is 32.2 Å². The number of aryl methyl sites for hydroxylation is 1. The van der Waals surface area contributed by atoms with Crippen LogP contribution in [0.15, 0.2) is 0 Å². The molecule has 1 fully saturated rings. The van der Waals surface area contributed by atoms with Gasteiger partial charge in [0.05, 0.1) is 26.7 Å². The first-order chi connectivity index (χ1) is 10.2.